The number of benzene rings is 2. The summed E-state index contributed by atoms with van der Waals surface area (Å²) in [5, 5.41) is 0.656. The summed E-state index contributed by atoms with van der Waals surface area (Å²) < 4.78 is 26.7. The number of nitrogens with two attached hydrogens (primary N) is 1. The van der Waals surface area contributed by atoms with Gasteiger partial charge in [-0.1, -0.05) is 40.9 Å². The van der Waals surface area contributed by atoms with Crippen LogP contribution in [0.5, 0.6) is 0 Å². The first kappa shape index (κ1) is 15.3. The van der Waals surface area contributed by atoms with Gasteiger partial charge in [0.25, 0.3) is 10.0 Å². The quantitative estimate of drug-likeness (QED) is 0.820. The molecule has 0 aliphatic heterocycles. The maximum Gasteiger partial charge on any atom is 0.261 e. The van der Waals surface area contributed by atoms with Crippen LogP contribution in [-0.4, -0.2) is 8.42 Å². The molecule has 4 nitrogen and oxygen atoms in total. The first-order valence-corrected chi connectivity index (χ1v) is 7.94. The molecule has 0 radical (unpaired) electrons. The van der Waals surface area contributed by atoms with Crippen LogP contribution in [0.15, 0.2) is 41.3 Å². The van der Waals surface area contributed by atoms with Crippen LogP contribution < -0.4 is 10.5 Å². The van der Waals surface area contributed by atoms with Crippen LogP contribution in [0.2, 0.25) is 15.1 Å². The fourth-order valence-electron chi connectivity index (χ4n) is 1.49. The van der Waals surface area contributed by atoms with E-state index in [4.69, 9.17) is 40.5 Å². The Morgan fingerprint density at radius 1 is 1.00 bits per heavy atom. The average Bonchev–Trinajstić information content (AvgIpc) is 2.35. The van der Waals surface area contributed by atoms with E-state index in [0.717, 1.165) is 0 Å². The van der Waals surface area contributed by atoms with Gasteiger partial charge in [-0.05, 0) is 30.3 Å². The van der Waals surface area contributed by atoms with E-state index in [9.17, 15) is 8.42 Å². The van der Waals surface area contributed by atoms with Crippen LogP contribution in [0.1, 0.15) is 0 Å². The van der Waals surface area contributed by atoms with Gasteiger partial charge in [0, 0.05) is 5.02 Å². The fraction of sp³-hybridized carbons (Fsp3) is 0. The van der Waals surface area contributed by atoms with Crippen molar-refractivity contribution in [2.75, 3.05) is 10.5 Å². The molecule has 8 heteroatoms. The Bertz CT molecular complexity index is 740. The van der Waals surface area contributed by atoms with Crippen molar-refractivity contribution in [3.05, 3.63) is 51.5 Å². The lowest BCUT2D eigenvalue weighted by Crippen LogP contribution is -2.13. The van der Waals surface area contributed by atoms with Crippen molar-refractivity contribution in [1.82, 2.24) is 0 Å². The minimum absolute atomic E-state index is 0.0362. The van der Waals surface area contributed by atoms with Crippen LogP contribution in [0.25, 0.3) is 0 Å². The minimum Gasteiger partial charge on any atom is -0.396 e. The third-order valence-corrected chi connectivity index (χ3v) is 4.68. The van der Waals surface area contributed by atoms with E-state index < -0.39 is 10.0 Å². The van der Waals surface area contributed by atoms with Crippen molar-refractivity contribution >= 4 is 56.2 Å². The van der Waals surface area contributed by atoms with Gasteiger partial charge in [0.05, 0.1) is 26.3 Å². The summed E-state index contributed by atoms with van der Waals surface area (Å²) in [7, 11) is -3.77. The largest absolute Gasteiger partial charge is 0.396 e. The summed E-state index contributed by atoms with van der Waals surface area (Å²) in [4.78, 5) is 0.0362. The molecule has 0 saturated heterocycles. The number of rotatable bonds is 3. The summed E-state index contributed by atoms with van der Waals surface area (Å²) in [5.41, 5.74) is 6.00. The number of hydrogen-bond donors (Lipinski definition) is 2. The highest BCUT2D eigenvalue weighted by atomic mass is 35.5. The van der Waals surface area contributed by atoms with E-state index in [1.54, 1.807) is 12.1 Å². The van der Waals surface area contributed by atoms with Crippen molar-refractivity contribution in [1.29, 1.82) is 0 Å². The zero-order valence-electron chi connectivity index (χ0n) is 9.90. The highest BCUT2D eigenvalue weighted by Gasteiger charge is 2.16. The molecule has 0 saturated carbocycles. The van der Waals surface area contributed by atoms with Crippen LogP contribution in [0.3, 0.4) is 0 Å². The molecule has 0 aliphatic rings. The predicted octanol–water partition coefficient (Wildman–Crippen LogP) is 4.03. The van der Waals surface area contributed by atoms with Crippen molar-refractivity contribution in [3.63, 3.8) is 0 Å². The van der Waals surface area contributed by atoms with Crippen LogP contribution in [0, 0.1) is 0 Å². The number of sulfonamides is 1. The van der Waals surface area contributed by atoms with E-state index in [0.29, 0.717) is 5.02 Å². The lowest BCUT2D eigenvalue weighted by Gasteiger charge is -2.10. The smallest absolute Gasteiger partial charge is 0.261 e. The van der Waals surface area contributed by atoms with Gasteiger partial charge in [0.1, 0.15) is 0 Å². The number of halogens is 3. The Balaban J connectivity index is 2.38. The molecule has 3 N–H and O–H groups in total. The average molecular weight is 352 g/mol. The van der Waals surface area contributed by atoms with Crippen molar-refractivity contribution in [2.24, 2.45) is 0 Å². The molecule has 2 aromatic rings. The zero-order chi connectivity index (χ0) is 14.9. The van der Waals surface area contributed by atoms with E-state index in [-0.39, 0.29) is 26.3 Å². The van der Waals surface area contributed by atoms with E-state index >= 15 is 0 Å². The highest BCUT2D eigenvalue weighted by molar-refractivity contribution is 7.92. The molecule has 0 amide bonds. The topological polar surface area (TPSA) is 72.2 Å². The molecule has 0 atom stereocenters. The van der Waals surface area contributed by atoms with Gasteiger partial charge >= 0.3 is 0 Å². The maximum absolute atomic E-state index is 12.2. The zero-order valence-corrected chi connectivity index (χ0v) is 13.0. The molecular weight excluding hydrogens is 343 g/mol. The molecule has 0 unspecified atom stereocenters. The van der Waals surface area contributed by atoms with Gasteiger partial charge in [-0.15, -0.1) is 0 Å². The highest BCUT2D eigenvalue weighted by Crippen LogP contribution is 2.32. The molecule has 0 bridgehead atoms. The predicted molar refractivity (Wildman–Crippen MR) is 83.1 cm³/mol. The standard InChI is InChI=1S/C12H9Cl3N2O2S/c13-7-2-1-3-9(4-7)20(18,19)17-8-5-10(14)12(16)11(15)6-8/h1-6,17H,16H2. The summed E-state index contributed by atoms with van der Waals surface area (Å²) >= 11 is 17.5. The van der Waals surface area contributed by atoms with Crippen molar-refractivity contribution in [2.45, 2.75) is 4.90 Å². The monoisotopic (exact) mass is 350 g/mol. The number of anilines is 2. The number of nitrogen functional groups attached to an aromatic ring is 1. The molecule has 2 rings (SSSR count). The van der Waals surface area contributed by atoms with E-state index in [2.05, 4.69) is 4.72 Å². The van der Waals surface area contributed by atoms with Gasteiger partial charge in [0.15, 0.2) is 0 Å². The lowest BCUT2D eigenvalue weighted by atomic mass is 10.3. The van der Waals surface area contributed by atoms with Gasteiger partial charge in [-0.2, -0.15) is 0 Å². The maximum atomic E-state index is 12.2. The molecule has 0 aliphatic carbocycles. The van der Waals surface area contributed by atoms with Gasteiger partial charge in [0.2, 0.25) is 0 Å². The molecular formula is C12H9Cl3N2O2S. The Morgan fingerprint density at radius 3 is 2.15 bits per heavy atom. The third kappa shape index (κ3) is 3.30. The van der Waals surface area contributed by atoms with Crippen LogP contribution >= 0.6 is 34.8 Å². The molecule has 0 spiro atoms. The van der Waals surface area contributed by atoms with Crippen LogP contribution in [0.4, 0.5) is 11.4 Å². The van der Waals surface area contributed by atoms with E-state index in [1.165, 1.54) is 24.3 Å². The van der Waals surface area contributed by atoms with Gasteiger partial charge in [-0.3, -0.25) is 4.72 Å². The number of nitrogens with one attached hydrogen (secondary N) is 1. The Morgan fingerprint density at radius 2 is 1.60 bits per heavy atom. The normalized spacial score (nSPS) is 11.3. The summed E-state index contributed by atoms with van der Waals surface area (Å²) in [5.74, 6) is 0. The van der Waals surface area contributed by atoms with Crippen LogP contribution in [-0.2, 0) is 10.0 Å². The summed E-state index contributed by atoms with van der Waals surface area (Å²) in [6.45, 7) is 0. The van der Waals surface area contributed by atoms with Gasteiger partial charge < -0.3 is 5.73 Å². The lowest BCUT2D eigenvalue weighted by molar-refractivity contribution is 0.601. The second kappa shape index (κ2) is 5.69. The first-order valence-electron chi connectivity index (χ1n) is 5.32. The fourth-order valence-corrected chi connectivity index (χ4v) is 3.32. The SMILES string of the molecule is Nc1c(Cl)cc(NS(=O)(=O)c2cccc(Cl)c2)cc1Cl. The van der Waals surface area contributed by atoms with Gasteiger partial charge in [-0.25, -0.2) is 8.42 Å². The molecule has 20 heavy (non-hydrogen) atoms. The Hall–Kier alpha value is -1.14. The Kier molecular flexibility index (Phi) is 4.34. The Labute approximate surface area is 131 Å². The van der Waals surface area contributed by atoms with Crippen molar-refractivity contribution in [3.8, 4) is 0 Å². The summed E-state index contributed by atoms with van der Waals surface area (Å²) in [6, 6.07) is 8.65. The van der Waals surface area contributed by atoms with Crippen molar-refractivity contribution < 1.29 is 8.42 Å². The van der Waals surface area contributed by atoms with E-state index in [1.807, 2.05) is 0 Å². The third-order valence-electron chi connectivity index (χ3n) is 2.44. The summed E-state index contributed by atoms with van der Waals surface area (Å²) in [6.07, 6.45) is 0. The minimum atomic E-state index is -3.77. The molecule has 0 fully saturated rings. The first-order chi connectivity index (χ1) is 9.29. The molecule has 0 aromatic heterocycles. The molecule has 0 heterocycles. The second-order valence-corrected chi connectivity index (χ2v) is 6.85. The number of hydrogen-bond acceptors (Lipinski definition) is 3. The molecule has 106 valence electrons. The second-order valence-electron chi connectivity index (χ2n) is 3.92. The molecule has 2 aromatic carbocycles.